The fourth-order valence-electron chi connectivity index (χ4n) is 2.29. The van der Waals surface area contributed by atoms with Crippen LogP contribution in [-0.4, -0.2) is 22.8 Å². The Balaban J connectivity index is 1.71. The first kappa shape index (κ1) is 15.8. The summed E-state index contributed by atoms with van der Waals surface area (Å²) in [4.78, 5) is 18.3. The van der Waals surface area contributed by atoms with Gasteiger partial charge in [0.25, 0.3) is 11.9 Å². The summed E-state index contributed by atoms with van der Waals surface area (Å²) in [5, 5.41) is 0. The van der Waals surface area contributed by atoms with Crippen LogP contribution in [0.3, 0.4) is 0 Å². The van der Waals surface area contributed by atoms with Crippen LogP contribution in [0.5, 0.6) is 11.7 Å². The first-order chi connectivity index (χ1) is 11.6. The number of carbonyl (C=O) groups is 1. The monoisotopic (exact) mass is 322 g/mol. The molecule has 1 aromatic carbocycles. The van der Waals surface area contributed by atoms with Gasteiger partial charge >= 0.3 is 0 Å². The molecule has 0 aliphatic heterocycles. The third-order valence-electron chi connectivity index (χ3n) is 3.82. The maximum absolute atomic E-state index is 12.6. The fraction of sp³-hybridized carbons (Fsp3) is 0.158. The number of rotatable bonds is 5. The van der Waals surface area contributed by atoms with Crippen molar-refractivity contribution in [3.63, 3.8) is 0 Å². The van der Waals surface area contributed by atoms with E-state index in [1.54, 1.807) is 36.5 Å². The number of nitrogens with zero attached hydrogens (tertiary/aromatic N) is 2. The predicted molar refractivity (Wildman–Crippen MR) is 90.0 cm³/mol. The summed E-state index contributed by atoms with van der Waals surface area (Å²) in [6.07, 6.45) is 3.46. The van der Waals surface area contributed by atoms with Crippen molar-refractivity contribution in [1.82, 2.24) is 9.88 Å². The largest absolute Gasteiger partial charge is 0.426 e. The minimum absolute atomic E-state index is 0.116. The Morgan fingerprint density at radius 3 is 2.62 bits per heavy atom. The van der Waals surface area contributed by atoms with Crippen LogP contribution in [0.4, 0.5) is 0 Å². The summed E-state index contributed by atoms with van der Waals surface area (Å²) in [5.74, 6) is 0.961. The Morgan fingerprint density at radius 2 is 1.92 bits per heavy atom. The second-order valence-electron chi connectivity index (χ2n) is 5.41. The normalized spacial score (nSPS) is 11.8. The minimum Gasteiger partial charge on any atom is -0.426 e. The van der Waals surface area contributed by atoms with Gasteiger partial charge in [-0.25, -0.2) is 0 Å². The van der Waals surface area contributed by atoms with Crippen LogP contribution in [0, 0.1) is 0 Å². The third kappa shape index (κ3) is 3.46. The number of benzene rings is 1. The van der Waals surface area contributed by atoms with Crippen molar-refractivity contribution < 1.29 is 13.9 Å². The SMILES string of the molecule is C[C@H](c1cccnc1)N(C)C(=O)c1ccc(Oc2ccccc2)o1. The summed E-state index contributed by atoms with van der Waals surface area (Å²) in [6.45, 7) is 1.94. The van der Waals surface area contributed by atoms with E-state index in [1.165, 1.54) is 0 Å². The second-order valence-corrected chi connectivity index (χ2v) is 5.41. The van der Waals surface area contributed by atoms with E-state index in [0.29, 0.717) is 5.75 Å². The van der Waals surface area contributed by atoms with Gasteiger partial charge in [-0.2, -0.15) is 0 Å². The van der Waals surface area contributed by atoms with Crippen LogP contribution >= 0.6 is 0 Å². The lowest BCUT2D eigenvalue weighted by Gasteiger charge is -2.24. The van der Waals surface area contributed by atoms with Crippen molar-refractivity contribution in [3.8, 4) is 11.7 Å². The Labute approximate surface area is 140 Å². The van der Waals surface area contributed by atoms with Crippen molar-refractivity contribution in [3.05, 3.63) is 78.3 Å². The molecule has 0 saturated heterocycles. The molecule has 2 heterocycles. The summed E-state index contributed by atoms with van der Waals surface area (Å²) in [7, 11) is 1.74. The van der Waals surface area contributed by atoms with Crippen LogP contribution < -0.4 is 4.74 Å². The second kappa shape index (κ2) is 7.00. The van der Waals surface area contributed by atoms with E-state index >= 15 is 0 Å². The fourth-order valence-corrected chi connectivity index (χ4v) is 2.29. The number of amides is 1. The summed E-state index contributed by atoms with van der Waals surface area (Å²) < 4.78 is 11.1. The van der Waals surface area contributed by atoms with Gasteiger partial charge in [-0.15, -0.1) is 0 Å². The van der Waals surface area contributed by atoms with Gasteiger partial charge in [0.15, 0.2) is 5.76 Å². The standard InChI is InChI=1S/C19H18N2O3/c1-14(15-7-6-12-20-13-15)21(2)19(22)17-10-11-18(24-17)23-16-8-4-3-5-9-16/h3-14H,1-2H3/t14-/m1/s1. The lowest BCUT2D eigenvalue weighted by molar-refractivity contribution is 0.0705. The lowest BCUT2D eigenvalue weighted by atomic mass is 10.1. The van der Waals surface area contributed by atoms with Crippen LogP contribution in [0.1, 0.15) is 29.1 Å². The molecule has 1 atom stereocenters. The molecule has 24 heavy (non-hydrogen) atoms. The average Bonchev–Trinajstić information content (AvgIpc) is 3.10. The van der Waals surface area contributed by atoms with Crippen LogP contribution in [0.2, 0.25) is 0 Å². The number of para-hydroxylation sites is 1. The summed E-state index contributed by atoms with van der Waals surface area (Å²) in [6, 6.07) is 16.2. The minimum atomic E-state index is -0.214. The third-order valence-corrected chi connectivity index (χ3v) is 3.82. The molecule has 0 aliphatic rings. The molecular weight excluding hydrogens is 304 g/mol. The number of aromatic nitrogens is 1. The number of ether oxygens (including phenoxy) is 1. The molecule has 5 heteroatoms. The van der Waals surface area contributed by atoms with Crippen molar-refractivity contribution in [2.75, 3.05) is 7.05 Å². The van der Waals surface area contributed by atoms with Crippen LogP contribution in [0.15, 0.2) is 71.4 Å². The Morgan fingerprint density at radius 1 is 1.12 bits per heavy atom. The van der Waals surface area contributed by atoms with Gasteiger partial charge in [-0.05, 0) is 36.8 Å². The maximum atomic E-state index is 12.6. The highest BCUT2D eigenvalue weighted by atomic mass is 16.6. The Hall–Kier alpha value is -3.08. The topological polar surface area (TPSA) is 55.6 Å². The van der Waals surface area contributed by atoms with Gasteiger partial charge in [-0.1, -0.05) is 24.3 Å². The van der Waals surface area contributed by atoms with Crippen LogP contribution in [0.25, 0.3) is 0 Å². The zero-order chi connectivity index (χ0) is 16.9. The predicted octanol–water partition coefficient (Wildman–Crippen LogP) is 4.30. The van der Waals surface area contributed by atoms with E-state index in [1.807, 2.05) is 49.4 Å². The van der Waals surface area contributed by atoms with E-state index in [9.17, 15) is 4.79 Å². The number of hydrogen-bond acceptors (Lipinski definition) is 4. The van der Waals surface area contributed by atoms with Crippen molar-refractivity contribution in [2.45, 2.75) is 13.0 Å². The molecule has 3 rings (SSSR count). The number of carbonyl (C=O) groups excluding carboxylic acids is 1. The molecule has 3 aromatic rings. The van der Waals surface area contributed by atoms with Gasteiger partial charge < -0.3 is 14.1 Å². The molecule has 0 bridgehead atoms. The quantitative estimate of drug-likeness (QED) is 0.703. The molecule has 122 valence electrons. The highest BCUT2D eigenvalue weighted by Gasteiger charge is 2.22. The van der Waals surface area contributed by atoms with E-state index in [2.05, 4.69) is 4.98 Å². The van der Waals surface area contributed by atoms with E-state index in [4.69, 9.17) is 9.15 Å². The Kier molecular flexibility index (Phi) is 4.61. The molecular formula is C19H18N2O3. The molecule has 1 amide bonds. The summed E-state index contributed by atoms with van der Waals surface area (Å²) >= 11 is 0. The van der Waals surface area contributed by atoms with Crippen molar-refractivity contribution in [2.24, 2.45) is 0 Å². The molecule has 0 fully saturated rings. The number of furan rings is 1. The molecule has 0 N–H and O–H groups in total. The van der Waals surface area contributed by atoms with Crippen molar-refractivity contribution >= 4 is 5.91 Å². The zero-order valence-electron chi connectivity index (χ0n) is 13.5. The first-order valence-electron chi connectivity index (χ1n) is 7.65. The van der Waals surface area contributed by atoms with Gasteiger partial charge in [0.1, 0.15) is 5.75 Å². The van der Waals surface area contributed by atoms with Gasteiger partial charge in [0.2, 0.25) is 0 Å². The number of pyridine rings is 1. The molecule has 2 aromatic heterocycles. The molecule has 0 unspecified atom stereocenters. The zero-order valence-corrected chi connectivity index (χ0v) is 13.5. The molecule has 0 spiro atoms. The van der Waals surface area contributed by atoms with E-state index in [-0.39, 0.29) is 23.7 Å². The maximum Gasteiger partial charge on any atom is 0.290 e. The van der Waals surface area contributed by atoms with Gasteiger partial charge in [0, 0.05) is 25.5 Å². The highest BCUT2D eigenvalue weighted by Crippen LogP contribution is 2.26. The van der Waals surface area contributed by atoms with E-state index < -0.39 is 0 Å². The summed E-state index contributed by atoms with van der Waals surface area (Å²) in [5.41, 5.74) is 0.959. The number of hydrogen-bond donors (Lipinski definition) is 0. The molecule has 0 aliphatic carbocycles. The average molecular weight is 322 g/mol. The highest BCUT2D eigenvalue weighted by molar-refractivity contribution is 5.91. The molecule has 5 nitrogen and oxygen atoms in total. The van der Waals surface area contributed by atoms with Gasteiger partial charge in [0.05, 0.1) is 6.04 Å². The first-order valence-corrected chi connectivity index (χ1v) is 7.65. The van der Waals surface area contributed by atoms with E-state index in [0.717, 1.165) is 5.56 Å². The van der Waals surface area contributed by atoms with Gasteiger partial charge in [-0.3, -0.25) is 9.78 Å². The molecule has 0 radical (unpaired) electrons. The molecule has 0 saturated carbocycles. The smallest absolute Gasteiger partial charge is 0.290 e. The van der Waals surface area contributed by atoms with Crippen LogP contribution in [-0.2, 0) is 0 Å². The van der Waals surface area contributed by atoms with Crippen molar-refractivity contribution in [1.29, 1.82) is 0 Å². The lowest BCUT2D eigenvalue weighted by Crippen LogP contribution is -2.29. The Bertz CT molecular complexity index is 800.